The van der Waals surface area contributed by atoms with Crippen LogP contribution in [0.3, 0.4) is 0 Å². The van der Waals surface area contributed by atoms with Gasteiger partial charge in [-0.25, -0.2) is 0 Å². The van der Waals surface area contributed by atoms with Gasteiger partial charge in [-0.1, -0.05) is 6.42 Å². The lowest BCUT2D eigenvalue weighted by atomic mass is 10.0. The van der Waals surface area contributed by atoms with Gasteiger partial charge in [-0.05, 0) is 49.4 Å². The number of hydrogen-bond acceptors (Lipinski definition) is 1. The first-order chi connectivity index (χ1) is 6.79. The second kappa shape index (κ2) is 7.58. The van der Waals surface area contributed by atoms with Crippen LogP contribution >= 0.6 is 0 Å². The molecule has 0 bridgehead atoms. The highest BCUT2D eigenvalue weighted by Crippen LogP contribution is 2.18. The number of ether oxygens (including phenoxy) is 1. The van der Waals surface area contributed by atoms with Crippen LogP contribution in [0.4, 0.5) is 0 Å². The largest absolute Gasteiger partial charge is 0.378 e. The van der Waals surface area contributed by atoms with Crippen LogP contribution in [0.2, 0.25) is 0 Å². The molecule has 1 atom stereocenters. The van der Waals surface area contributed by atoms with E-state index in [1.54, 1.807) is 0 Å². The van der Waals surface area contributed by atoms with Crippen LogP contribution in [0.15, 0.2) is 0 Å². The summed E-state index contributed by atoms with van der Waals surface area (Å²) < 4.78 is 5.71. The van der Waals surface area contributed by atoms with Crippen LogP contribution in [0, 0.1) is 0 Å². The van der Waals surface area contributed by atoms with E-state index in [9.17, 15) is 0 Å². The minimum atomic E-state index is 0.602. The predicted molar refractivity (Wildman–Crippen MR) is 66.1 cm³/mol. The van der Waals surface area contributed by atoms with Gasteiger partial charge in [0, 0.05) is 6.61 Å². The molecule has 84 valence electrons. The molecular weight excluding hydrogens is 192 g/mol. The summed E-state index contributed by atoms with van der Waals surface area (Å²) in [7, 11) is 0.645. The normalized spacial score (nSPS) is 22.9. The fourth-order valence-corrected chi connectivity index (χ4v) is 2.76. The van der Waals surface area contributed by atoms with E-state index in [0.29, 0.717) is 17.0 Å². The molecule has 1 fully saturated rings. The van der Waals surface area contributed by atoms with E-state index in [1.165, 1.54) is 50.7 Å². The Labute approximate surface area is 92.0 Å². The van der Waals surface area contributed by atoms with Gasteiger partial charge in [0.2, 0.25) is 0 Å². The Kier molecular flexibility index (Phi) is 6.70. The molecule has 1 heterocycles. The Hall–Kier alpha value is 0.310. The fourth-order valence-electron chi connectivity index (χ4n) is 1.97. The Morgan fingerprint density at radius 1 is 1.14 bits per heavy atom. The molecule has 1 unspecified atom stereocenters. The lowest BCUT2D eigenvalue weighted by molar-refractivity contribution is 0.00985. The summed E-state index contributed by atoms with van der Waals surface area (Å²) >= 11 is 0. The molecule has 0 aromatic rings. The van der Waals surface area contributed by atoms with Crippen molar-refractivity contribution in [3.8, 4) is 0 Å². The molecule has 0 aliphatic carbocycles. The predicted octanol–water partition coefficient (Wildman–Crippen LogP) is 2.99. The van der Waals surface area contributed by atoms with Crippen LogP contribution in [-0.4, -0.2) is 31.0 Å². The molecule has 1 aliphatic heterocycles. The summed E-state index contributed by atoms with van der Waals surface area (Å²) in [5.74, 6) is 1.42. The Morgan fingerprint density at radius 3 is 2.64 bits per heavy atom. The van der Waals surface area contributed by atoms with E-state index in [4.69, 9.17) is 4.74 Å². The second-order valence-corrected chi connectivity index (χ2v) is 6.91. The van der Waals surface area contributed by atoms with Crippen molar-refractivity contribution in [1.29, 1.82) is 0 Å². The van der Waals surface area contributed by atoms with Crippen molar-refractivity contribution in [3.05, 3.63) is 0 Å². The SMILES string of the molecule is C[S+](C)CCCCCC1CCCCO1. The van der Waals surface area contributed by atoms with Crippen molar-refractivity contribution < 1.29 is 4.74 Å². The third-order valence-electron chi connectivity index (χ3n) is 2.85. The van der Waals surface area contributed by atoms with Crippen LogP contribution < -0.4 is 0 Å². The summed E-state index contributed by atoms with van der Waals surface area (Å²) in [6.07, 6.45) is 14.8. The Morgan fingerprint density at radius 2 is 2.00 bits per heavy atom. The molecule has 1 aliphatic rings. The van der Waals surface area contributed by atoms with Crippen LogP contribution in [0.1, 0.15) is 44.9 Å². The van der Waals surface area contributed by atoms with Gasteiger partial charge in [0.15, 0.2) is 0 Å². The van der Waals surface area contributed by atoms with Crippen molar-refractivity contribution >= 4 is 10.9 Å². The van der Waals surface area contributed by atoms with Gasteiger partial charge in [0.05, 0.1) is 18.6 Å². The third-order valence-corrected chi connectivity index (χ3v) is 3.96. The molecule has 0 spiro atoms. The summed E-state index contributed by atoms with van der Waals surface area (Å²) in [6.45, 7) is 1.01. The monoisotopic (exact) mass is 217 g/mol. The summed E-state index contributed by atoms with van der Waals surface area (Å²) in [4.78, 5) is 0. The lowest BCUT2D eigenvalue weighted by Gasteiger charge is -2.22. The van der Waals surface area contributed by atoms with Crippen molar-refractivity contribution in [1.82, 2.24) is 0 Å². The molecule has 0 amide bonds. The minimum absolute atomic E-state index is 0.602. The van der Waals surface area contributed by atoms with Gasteiger partial charge in [-0.15, -0.1) is 0 Å². The van der Waals surface area contributed by atoms with E-state index in [2.05, 4.69) is 12.5 Å². The number of hydrogen-bond donors (Lipinski definition) is 0. The quantitative estimate of drug-likeness (QED) is 0.491. The standard InChI is InChI=1S/C12H25OS/c1-14(2)11-7-3-4-8-12-9-5-6-10-13-12/h12H,3-11H2,1-2H3/q+1. The highest BCUT2D eigenvalue weighted by molar-refractivity contribution is 7.95. The second-order valence-electron chi connectivity index (χ2n) is 4.53. The van der Waals surface area contributed by atoms with Gasteiger partial charge in [0.1, 0.15) is 5.75 Å². The minimum Gasteiger partial charge on any atom is -0.378 e. The van der Waals surface area contributed by atoms with Gasteiger partial charge >= 0.3 is 0 Å². The molecule has 1 rings (SSSR count). The number of unbranched alkanes of at least 4 members (excludes halogenated alkanes) is 2. The van der Waals surface area contributed by atoms with Crippen molar-refractivity contribution in [2.75, 3.05) is 24.9 Å². The average Bonchev–Trinajstić information content (AvgIpc) is 2.18. The molecule has 2 heteroatoms. The molecular formula is C12H25OS+. The maximum atomic E-state index is 5.71. The molecule has 1 saturated heterocycles. The smallest absolute Gasteiger partial charge is 0.107 e. The van der Waals surface area contributed by atoms with E-state index in [-0.39, 0.29) is 0 Å². The maximum Gasteiger partial charge on any atom is 0.107 e. The van der Waals surface area contributed by atoms with Gasteiger partial charge in [0.25, 0.3) is 0 Å². The fraction of sp³-hybridized carbons (Fsp3) is 1.00. The number of rotatable bonds is 6. The lowest BCUT2D eigenvalue weighted by Crippen LogP contribution is -2.18. The molecule has 1 nitrogen and oxygen atoms in total. The molecule has 0 aromatic carbocycles. The van der Waals surface area contributed by atoms with E-state index < -0.39 is 0 Å². The summed E-state index contributed by atoms with van der Waals surface area (Å²) in [6, 6.07) is 0. The van der Waals surface area contributed by atoms with Gasteiger partial charge in [-0.3, -0.25) is 0 Å². The van der Waals surface area contributed by atoms with Crippen LogP contribution in [0.5, 0.6) is 0 Å². The Bertz CT molecular complexity index is 130. The van der Waals surface area contributed by atoms with E-state index >= 15 is 0 Å². The van der Waals surface area contributed by atoms with Crippen molar-refractivity contribution in [2.24, 2.45) is 0 Å². The maximum absolute atomic E-state index is 5.71. The first-order valence-electron chi connectivity index (χ1n) is 5.95. The average molecular weight is 217 g/mol. The van der Waals surface area contributed by atoms with E-state index in [0.717, 1.165) is 6.61 Å². The topological polar surface area (TPSA) is 9.23 Å². The highest BCUT2D eigenvalue weighted by Gasteiger charge is 2.12. The zero-order valence-electron chi connectivity index (χ0n) is 9.76. The molecule has 0 aromatic heterocycles. The van der Waals surface area contributed by atoms with Gasteiger partial charge < -0.3 is 4.74 Å². The van der Waals surface area contributed by atoms with Crippen molar-refractivity contribution in [2.45, 2.75) is 51.0 Å². The van der Waals surface area contributed by atoms with Crippen molar-refractivity contribution in [3.63, 3.8) is 0 Å². The molecule has 0 N–H and O–H groups in total. The van der Waals surface area contributed by atoms with Crippen LogP contribution in [-0.2, 0) is 15.6 Å². The first-order valence-corrected chi connectivity index (χ1v) is 8.16. The molecule has 0 radical (unpaired) electrons. The molecule has 0 saturated carbocycles. The van der Waals surface area contributed by atoms with Gasteiger partial charge in [-0.2, -0.15) is 0 Å². The molecule has 14 heavy (non-hydrogen) atoms. The van der Waals surface area contributed by atoms with E-state index in [1.807, 2.05) is 0 Å². The first kappa shape index (κ1) is 12.4. The highest BCUT2D eigenvalue weighted by atomic mass is 32.2. The van der Waals surface area contributed by atoms with Crippen LogP contribution in [0.25, 0.3) is 0 Å². The summed E-state index contributed by atoms with van der Waals surface area (Å²) in [5.41, 5.74) is 0. The Balaban J connectivity index is 1.87. The zero-order valence-corrected chi connectivity index (χ0v) is 10.6. The summed E-state index contributed by atoms with van der Waals surface area (Å²) in [5, 5.41) is 0. The third kappa shape index (κ3) is 5.92. The zero-order chi connectivity index (χ0) is 10.2.